The van der Waals surface area contributed by atoms with E-state index in [1.54, 1.807) is 7.11 Å². The summed E-state index contributed by atoms with van der Waals surface area (Å²) in [4.78, 5) is 0. The molecule has 1 nitrogen and oxygen atoms in total. The molecule has 2 heteroatoms. The monoisotopic (exact) mass is 352 g/mol. The van der Waals surface area contributed by atoms with Crippen molar-refractivity contribution < 1.29 is 4.74 Å². The molecule has 0 radical (unpaired) electrons. The van der Waals surface area contributed by atoms with Gasteiger partial charge in [-0.1, -0.05) is 43.7 Å². The molecule has 0 fully saturated rings. The van der Waals surface area contributed by atoms with Crippen LogP contribution >= 0.6 is 22.6 Å². The summed E-state index contributed by atoms with van der Waals surface area (Å²) < 4.78 is 6.72. The molecule has 0 atom stereocenters. The van der Waals surface area contributed by atoms with Gasteiger partial charge in [0, 0.05) is 0 Å². The Hall–Kier alpha value is -1.03. The Morgan fingerprint density at radius 1 is 1.06 bits per heavy atom. The normalized spacial score (nSPS) is 10.4. The van der Waals surface area contributed by atoms with Crippen molar-refractivity contribution in [2.45, 2.75) is 19.8 Å². The summed E-state index contributed by atoms with van der Waals surface area (Å²) in [5, 5.41) is 0. The van der Waals surface area contributed by atoms with E-state index < -0.39 is 0 Å². The summed E-state index contributed by atoms with van der Waals surface area (Å²) in [5.74, 6) is 0.973. The van der Waals surface area contributed by atoms with Gasteiger partial charge in [-0.05, 0) is 57.8 Å². The van der Waals surface area contributed by atoms with Crippen LogP contribution in [0.3, 0.4) is 0 Å². The summed E-state index contributed by atoms with van der Waals surface area (Å²) >= 11 is 2.38. The molecule has 0 aliphatic heterocycles. The van der Waals surface area contributed by atoms with E-state index in [1.165, 1.54) is 20.3 Å². The molecular weight excluding hydrogens is 335 g/mol. The topological polar surface area (TPSA) is 9.23 Å². The number of aryl methyl sites for hydroxylation is 1. The highest BCUT2D eigenvalue weighted by Crippen LogP contribution is 2.32. The number of ether oxygens (including phenoxy) is 1. The summed E-state index contributed by atoms with van der Waals surface area (Å²) in [5.41, 5.74) is 3.84. The first-order valence-corrected chi connectivity index (χ1v) is 7.26. The van der Waals surface area contributed by atoms with Crippen molar-refractivity contribution in [2.24, 2.45) is 0 Å². The average Bonchev–Trinajstić information content (AvgIpc) is 2.42. The van der Waals surface area contributed by atoms with Crippen molar-refractivity contribution in [2.75, 3.05) is 7.11 Å². The Bertz CT molecular complexity index is 520. The highest BCUT2D eigenvalue weighted by atomic mass is 127. The molecule has 0 aliphatic carbocycles. The number of halogens is 1. The molecule has 0 saturated carbocycles. The first-order chi connectivity index (χ1) is 8.76. The van der Waals surface area contributed by atoms with Crippen LogP contribution < -0.4 is 4.74 Å². The third kappa shape index (κ3) is 2.86. The lowest BCUT2D eigenvalue weighted by atomic mass is 10.0. The van der Waals surface area contributed by atoms with Crippen LogP contribution in [-0.2, 0) is 6.42 Å². The summed E-state index contributed by atoms with van der Waals surface area (Å²) in [6.07, 6.45) is 2.24. The van der Waals surface area contributed by atoms with E-state index in [1.807, 2.05) is 6.07 Å². The van der Waals surface area contributed by atoms with Gasteiger partial charge < -0.3 is 4.74 Å². The van der Waals surface area contributed by atoms with Crippen molar-refractivity contribution in [1.82, 2.24) is 0 Å². The zero-order valence-electron chi connectivity index (χ0n) is 10.7. The average molecular weight is 352 g/mol. The van der Waals surface area contributed by atoms with Crippen molar-refractivity contribution in [3.8, 4) is 16.9 Å². The fourth-order valence-electron chi connectivity index (χ4n) is 2.05. The summed E-state index contributed by atoms with van der Waals surface area (Å²) in [6.45, 7) is 2.21. The Morgan fingerprint density at radius 2 is 1.78 bits per heavy atom. The molecule has 2 aromatic carbocycles. The zero-order chi connectivity index (χ0) is 13.0. The lowest BCUT2D eigenvalue weighted by molar-refractivity contribution is 0.411. The first-order valence-electron chi connectivity index (χ1n) is 6.18. The third-order valence-electron chi connectivity index (χ3n) is 2.96. The molecule has 0 heterocycles. The van der Waals surface area contributed by atoms with Gasteiger partial charge in [-0.3, -0.25) is 0 Å². The third-order valence-corrected chi connectivity index (χ3v) is 4.19. The van der Waals surface area contributed by atoms with Crippen molar-refractivity contribution in [3.05, 3.63) is 51.6 Å². The number of methoxy groups -OCH3 is 1. The second kappa shape index (κ2) is 6.23. The van der Waals surface area contributed by atoms with Gasteiger partial charge in [0.05, 0.1) is 10.7 Å². The minimum absolute atomic E-state index is 0.973. The van der Waals surface area contributed by atoms with Crippen molar-refractivity contribution in [1.29, 1.82) is 0 Å². The van der Waals surface area contributed by atoms with Crippen LogP contribution in [0.4, 0.5) is 0 Å². The second-order valence-electron chi connectivity index (χ2n) is 4.27. The van der Waals surface area contributed by atoms with Crippen LogP contribution in [-0.4, -0.2) is 7.11 Å². The molecule has 94 valence electrons. The predicted molar refractivity (Wildman–Crippen MR) is 85.1 cm³/mol. The minimum Gasteiger partial charge on any atom is -0.496 e. The maximum atomic E-state index is 5.49. The molecular formula is C16H17IO. The first kappa shape index (κ1) is 13.4. The van der Waals surface area contributed by atoms with E-state index in [0.29, 0.717) is 0 Å². The summed E-state index contributed by atoms with van der Waals surface area (Å²) in [7, 11) is 1.74. The van der Waals surface area contributed by atoms with Crippen LogP contribution in [0.1, 0.15) is 18.9 Å². The number of benzene rings is 2. The standard InChI is InChI=1S/C16H17IO/c1-3-7-13-10-14(11-15(18-2)16(13)17)12-8-5-4-6-9-12/h4-6,8-11H,3,7H2,1-2H3. The van der Waals surface area contributed by atoms with E-state index in [0.717, 1.165) is 18.6 Å². The van der Waals surface area contributed by atoms with Crippen molar-refractivity contribution >= 4 is 22.6 Å². The molecule has 0 N–H and O–H groups in total. The molecule has 0 unspecified atom stereocenters. The minimum atomic E-state index is 0.973. The molecule has 0 amide bonds. The Balaban J connectivity index is 2.52. The van der Waals surface area contributed by atoms with Gasteiger partial charge in [-0.15, -0.1) is 0 Å². The highest BCUT2D eigenvalue weighted by Gasteiger charge is 2.09. The fraction of sp³-hybridized carbons (Fsp3) is 0.250. The van der Waals surface area contributed by atoms with Gasteiger partial charge in [-0.2, -0.15) is 0 Å². The van der Waals surface area contributed by atoms with Crippen LogP contribution in [0, 0.1) is 3.57 Å². The SMILES string of the molecule is CCCc1cc(-c2ccccc2)cc(OC)c1I. The Morgan fingerprint density at radius 3 is 2.39 bits per heavy atom. The molecule has 0 spiro atoms. The lowest BCUT2D eigenvalue weighted by Crippen LogP contribution is -1.95. The van der Waals surface area contributed by atoms with Crippen LogP contribution in [0.15, 0.2) is 42.5 Å². The van der Waals surface area contributed by atoms with Gasteiger partial charge >= 0.3 is 0 Å². The largest absolute Gasteiger partial charge is 0.496 e. The van der Waals surface area contributed by atoms with E-state index >= 15 is 0 Å². The van der Waals surface area contributed by atoms with Gasteiger partial charge in [-0.25, -0.2) is 0 Å². The van der Waals surface area contributed by atoms with E-state index in [4.69, 9.17) is 4.74 Å². The predicted octanol–water partition coefficient (Wildman–Crippen LogP) is 4.92. The fourth-order valence-corrected chi connectivity index (χ4v) is 2.85. The maximum absolute atomic E-state index is 5.49. The van der Waals surface area contributed by atoms with Gasteiger partial charge in [0.1, 0.15) is 5.75 Å². The van der Waals surface area contributed by atoms with E-state index in [9.17, 15) is 0 Å². The van der Waals surface area contributed by atoms with Gasteiger partial charge in [0.15, 0.2) is 0 Å². The molecule has 18 heavy (non-hydrogen) atoms. The van der Waals surface area contributed by atoms with Gasteiger partial charge in [0.25, 0.3) is 0 Å². The van der Waals surface area contributed by atoms with E-state index in [-0.39, 0.29) is 0 Å². The zero-order valence-corrected chi connectivity index (χ0v) is 12.9. The number of hydrogen-bond donors (Lipinski definition) is 0. The Labute approximate surface area is 122 Å². The second-order valence-corrected chi connectivity index (χ2v) is 5.35. The number of hydrogen-bond acceptors (Lipinski definition) is 1. The van der Waals surface area contributed by atoms with Gasteiger partial charge in [0.2, 0.25) is 0 Å². The lowest BCUT2D eigenvalue weighted by Gasteiger charge is -2.12. The Kier molecular flexibility index (Phi) is 4.64. The van der Waals surface area contributed by atoms with Crippen molar-refractivity contribution in [3.63, 3.8) is 0 Å². The summed E-state index contributed by atoms with van der Waals surface area (Å²) in [6, 6.07) is 14.9. The molecule has 0 bridgehead atoms. The van der Waals surface area contributed by atoms with Crippen LogP contribution in [0.2, 0.25) is 0 Å². The molecule has 0 saturated heterocycles. The smallest absolute Gasteiger partial charge is 0.133 e. The van der Waals surface area contributed by atoms with E-state index in [2.05, 4.69) is 65.9 Å². The quantitative estimate of drug-likeness (QED) is 0.710. The van der Waals surface area contributed by atoms with Crippen LogP contribution in [0.25, 0.3) is 11.1 Å². The maximum Gasteiger partial charge on any atom is 0.133 e. The highest BCUT2D eigenvalue weighted by molar-refractivity contribution is 14.1. The molecule has 2 rings (SSSR count). The number of rotatable bonds is 4. The molecule has 0 aliphatic rings. The van der Waals surface area contributed by atoms with Crippen LogP contribution in [0.5, 0.6) is 5.75 Å². The molecule has 0 aromatic heterocycles. The molecule has 2 aromatic rings.